The molecule has 0 atom stereocenters. The Balaban J connectivity index is 1.68. The van der Waals surface area contributed by atoms with Gasteiger partial charge in [-0.15, -0.1) is 0 Å². The van der Waals surface area contributed by atoms with E-state index in [0.29, 0.717) is 10.8 Å². The predicted octanol–water partition coefficient (Wildman–Crippen LogP) is 4.89. The van der Waals surface area contributed by atoms with Crippen LogP contribution >= 0.6 is 23.2 Å². The number of imide groups is 2. The van der Waals surface area contributed by atoms with Gasteiger partial charge >= 0.3 is 12.0 Å². The zero-order valence-corrected chi connectivity index (χ0v) is 19.6. The van der Waals surface area contributed by atoms with Gasteiger partial charge in [0, 0.05) is 16.7 Å². The molecule has 0 spiro atoms. The van der Waals surface area contributed by atoms with Gasteiger partial charge in [0.15, 0.2) is 0 Å². The second kappa shape index (κ2) is 10.0. The Kier molecular flexibility index (Phi) is 6.86. The average Bonchev–Trinajstić information content (AvgIpc) is 2.82. The largest absolute Gasteiger partial charge is 0.497 e. The summed E-state index contributed by atoms with van der Waals surface area (Å²) in [5.74, 6) is -2.01. The number of carbonyl (C=O) groups excluding carboxylic acids is 4. The highest BCUT2D eigenvalue weighted by Crippen LogP contribution is 2.29. The molecule has 0 bridgehead atoms. The Morgan fingerprint density at radius 1 is 0.971 bits per heavy atom. The summed E-state index contributed by atoms with van der Waals surface area (Å²) >= 11 is 12.0. The monoisotopic (exact) mass is 510 g/mol. The van der Waals surface area contributed by atoms with Crippen LogP contribution in [-0.2, 0) is 9.59 Å². The Morgan fingerprint density at radius 2 is 1.74 bits per heavy atom. The number of methoxy groups -OCH3 is 1. The van der Waals surface area contributed by atoms with E-state index in [0.717, 1.165) is 4.90 Å². The van der Waals surface area contributed by atoms with Crippen LogP contribution in [0.1, 0.15) is 15.9 Å². The van der Waals surface area contributed by atoms with Gasteiger partial charge in [-0.3, -0.25) is 14.9 Å². The molecule has 3 aromatic rings. The van der Waals surface area contributed by atoms with Crippen molar-refractivity contribution in [3.8, 4) is 11.5 Å². The van der Waals surface area contributed by atoms with Gasteiger partial charge in [-0.2, -0.15) is 0 Å². The highest BCUT2D eigenvalue weighted by atomic mass is 35.5. The topological polar surface area (TPSA) is 102 Å². The van der Waals surface area contributed by atoms with Crippen LogP contribution in [0.4, 0.5) is 10.5 Å². The van der Waals surface area contributed by atoms with E-state index in [1.807, 2.05) is 0 Å². The molecule has 0 saturated carbocycles. The molecule has 10 heteroatoms. The van der Waals surface area contributed by atoms with Crippen LogP contribution in [-0.4, -0.2) is 30.9 Å². The first-order chi connectivity index (χ1) is 16.8. The van der Waals surface area contributed by atoms with Crippen molar-refractivity contribution in [2.24, 2.45) is 0 Å². The van der Waals surface area contributed by atoms with Crippen molar-refractivity contribution in [3.05, 3.63) is 93.5 Å². The number of hydrogen-bond donors (Lipinski definition) is 1. The number of hydrogen-bond acceptors (Lipinski definition) is 6. The zero-order chi connectivity index (χ0) is 25.1. The first-order valence-electron chi connectivity index (χ1n) is 10.1. The second-order valence-electron chi connectivity index (χ2n) is 7.21. The summed E-state index contributed by atoms with van der Waals surface area (Å²) < 4.78 is 10.6. The molecule has 0 unspecified atom stereocenters. The molecule has 3 aromatic carbocycles. The van der Waals surface area contributed by atoms with Gasteiger partial charge in [-0.1, -0.05) is 47.5 Å². The molecule has 35 heavy (non-hydrogen) atoms. The molecule has 1 N–H and O–H groups in total. The number of carbonyl (C=O) groups is 4. The number of ether oxygens (including phenoxy) is 2. The van der Waals surface area contributed by atoms with Gasteiger partial charge < -0.3 is 9.47 Å². The molecule has 176 valence electrons. The third-order valence-electron chi connectivity index (χ3n) is 4.99. The molecule has 8 nitrogen and oxygen atoms in total. The Labute approximate surface area is 209 Å². The van der Waals surface area contributed by atoms with Gasteiger partial charge in [-0.05, 0) is 42.5 Å². The van der Waals surface area contributed by atoms with Crippen LogP contribution in [0.3, 0.4) is 0 Å². The fourth-order valence-electron chi connectivity index (χ4n) is 3.30. The van der Waals surface area contributed by atoms with Crippen molar-refractivity contribution in [3.63, 3.8) is 0 Å². The fourth-order valence-corrected chi connectivity index (χ4v) is 3.79. The average molecular weight is 511 g/mol. The molecule has 1 aliphatic heterocycles. The molecular formula is C25H16Cl2N2O6. The molecule has 1 saturated heterocycles. The molecule has 4 rings (SSSR count). The number of rotatable bonds is 5. The van der Waals surface area contributed by atoms with E-state index >= 15 is 0 Å². The smallest absolute Gasteiger partial charge is 0.345 e. The number of amides is 4. The Hall–Kier alpha value is -4.14. The lowest BCUT2D eigenvalue weighted by Crippen LogP contribution is -2.54. The number of anilines is 1. The van der Waals surface area contributed by atoms with E-state index in [4.69, 9.17) is 32.7 Å². The molecular weight excluding hydrogens is 495 g/mol. The summed E-state index contributed by atoms with van der Waals surface area (Å²) in [5.41, 5.74) is 0.215. The maximum absolute atomic E-state index is 13.2. The number of urea groups is 1. The number of barbiturate groups is 1. The first kappa shape index (κ1) is 24.0. The van der Waals surface area contributed by atoms with Crippen molar-refractivity contribution in [1.29, 1.82) is 0 Å². The van der Waals surface area contributed by atoms with Gasteiger partial charge in [0.25, 0.3) is 11.8 Å². The molecule has 0 radical (unpaired) electrons. The lowest BCUT2D eigenvalue weighted by Gasteiger charge is -2.26. The quantitative estimate of drug-likeness (QED) is 0.227. The Morgan fingerprint density at radius 3 is 2.49 bits per heavy atom. The summed E-state index contributed by atoms with van der Waals surface area (Å²) in [6.45, 7) is 0. The molecule has 0 aromatic heterocycles. The number of esters is 1. The normalized spacial score (nSPS) is 14.7. The van der Waals surface area contributed by atoms with Crippen LogP contribution in [0.15, 0.2) is 72.3 Å². The Bertz CT molecular complexity index is 1400. The summed E-state index contributed by atoms with van der Waals surface area (Å²) in [5, 5.41) is 2.60. The van der Waals surface area contributed by atoms with Gasteiger partial charge in [0.05, 0.1) is 23.4 Å². The van der Waals surface area contributed by atoms with Crippen molar-refractivity contribution in [1.82, 2.24) is 5.32 Å². The molecule has 1 fully saturated rings. The minimum atomic E-state index is -0.900. The standard InChI is InChI=1S/C25H16Cl2N2O6/c1-34-17-7-4-6-16(13-17)29-23(31)19(22(30)28-25(29)33)11-14-5-2-3-8-21(14)35-24(32)18-10-9-15(26)12-20(18)27/h2-13H,1H3,(H,28,30,33)/b19-11-. The van der Waals surface area contributed by atoms with E-state index in [9.17, 15) is 19.2 Å². The van der Waals surface area contributed by atoms with E-state index in [1.54, 1.807) is 30.3 Å². The van der Waals surface area contributed by atoms with Crippen LogP contribution < -0.4 is 19.7 Å². The van der Waals surface area contributed by atoms with Crippen molar-refractivity contribution in [2.45, 2.75) is 0 Å². The molecule has 1 aliphatic rings. The zero-order valence-electron chi connectivity index (χ0n) is 18.1. The maximum atomic E-state index is 13.2. The van der Waals surface area contributed by atoms with E-state index in [2.05, 4.69) is 5.32 Å². The lowest BCUT2D eigenvalue weighted by atomic mass is 10.1. The molecule has 4 amide bonds. The fraction of sp³-hybridized carbons (Fsp3) is 0.0400. The van der Waals surface area contributed by atoms with Crippen molar-refractivity contribution < 1.29 is 28.7 Å². The first-order valence-corrected chi connectivity index (χ1v) is 10.9. The second-order valence-corrected chi connectivity index (χ2v) is 8.05. The minimum Gasteiger partial charge on any atom is -0.497 e. The number of nitrogens with zero attached hydrogens (tertiary/aromatic N) is 1. The van der Waals surface area contributed by atoms with Crippen LogP contribution in [0.25, 0.3) is 6.08 Å². The van der Waals surface area contributed by atoms with Gasteiger partial charge in [-0.25, -0.2) is 14.5 Å². The summed E-state index contributed by atoms with van der Waals surface area (Å²) in [7, 11) is 1.45. The third kappa shape index (κ3) is 5.03. The molecule has 0 aliphatic carbocycles. The van der Waals surface area contributed by atoms with Gasteiger partial charge in [0.1, 0.15) is 17.1 Å². The number of para-hydroxylation sites is 1. The molecule has 1 heterocycles. The van der Waals surface area contributed by atoms with E-state index in [1.165, 1.54) is 49.6 Å². The van der Waals surface area contributed by atoms with E-state index < -0.39 is 23.8 Å². The van der Waals surface area contributed by atoms with Crippen molar-refractivity contribution >= 4 is 58.8 Å². The summed E-state index contributed by atoms with van der Waals surface area (Å²) in [6.07, 6.45) is 1.24. The minimum absolute atomic E-state index is 0.0708. The number of nitrogens with one attached hydrogen (secondary N) is 1. The highest BCUT2D eigenvalue weighted by Gasteiger charge is 2.37. The van der Waals surface area contributed by atoms with Crippen molar-refractivity contribution in [2.75, 3.05) is 12.0 Å². The maximum Gasteiger partial charge on any atom is 0.345 e. The highest BCUT2D eigenvalue weighted by molar-refractivity contribution is 6.39. The SMILES string of the molecule is COc1cccc(N2C(=O)NC(=O)/C(=C/c3ccccc3OC(=O)c3ccc(Cl)cc3Cl)C2=O)c1. The van der Waals surface area contributed by atoms with Crippen LogP contribution in [0.5, 0.6) is 11.5 Å². The predicted molar refractivity (Wildman–Crippen MR) is 130 cm³/mol. The summed E-state index contributed by atoms with van der Waals surface area (Å²) in [6, 6.07) is 16.0. The van der Waals surface area contributed by atoms with Gasteiger partial charge in [0.2, 0.25) is 0 Å². The third-order valence-corrected chi connectivity index (χ3v) is 5.53. The summed E-state index contributed by atoms with van der Waals surface area (Å²) in [4.78, 5) is 51.7. The lowest BCUT2D eigenvalue weighted by molar-refractivity contribution is -0.122. The number of halogens is 2. The van der Waals surface area contributed by atoms with Crippen LogP contribution in [0, 0.1) is 0 Å². The van der Waals surface area contributed by atoms with E-state index in [-0.39, 0.29) is 33.2 Å². The van der Waals surface area contributed by atoms with Crippen LogP contribution in [0.2, 0.25) is 10.0 Å². The number of benzene rings is 3.